The summed E-state index contributed by atoms with van der Waals surface area (Å²) in [4.78, 5) is 0. The van der Waals surface area contributed by atoms with Crippen molar-refractivity contribution in [2.45, 2.75) is 19.8 Å². The fourth-order valence-electron chi connectivity index (χ4n) is 1.29. The molecule has 0 aliphatic carbocycles. The molecule has 0 aliphatic rings. The Labute approximate surface area is 93.3 Å². The maximum Gasteiger partial charge on any atom is 0.0462 e. The van der Waals surface area contributed by atoms with Crippen LogP contribution in [-0.2, 0) is 6.42 Å². The first-order valence-corrected chi connectivity index (χ1v) is 5.69. The molecular weight excluding hydrogens is 275 g/mol. The molecule has 0 saturated heterocycles. The number of aliphatic hydroxyl groups excluding tert-OH is 1. The third-order valence-corrected chi connectivity index (χ3v) is 2.99. The van der Waals surface area contributed by atoms with Crippen LogP contribution in [0.15, 0.2) is 24.3 Å². The largest absolute Gasteiger partial charge is 0.396 e. The predicted octanol–water partition coefficient (Wildman–Crippen LogP) is 2.85. The number of halogens is 1. The van der Waals surface area contributed by atoms with E-state index in [0.29, 0.717) is 12.5 Å². The maximum atomic E-state index is 9.04. The highest BCUT2D eigenvalue weighted by Crippen LogP contribution is 2.13. The highest BCUT2D eigenvalue weighted by atomic mass is 127. The molecule has 1 nitrogen and oxygen atoms in total. The third-order valence-electron chi connectivity index (χ3n) is 2.27. The normalized spacial score (nSPS) is 12.8. The van der Waals surface area contributed by atoms with Crippen molar-refractivity contribution < 1.29 is 5.11 Å². The quantitative estimate of drug-likeness (QED) is 0.845. The summed E-state index contributed by atoms with van der Waals surface area (Å²) >= 11 is 2.30. The Morgan fingerprint density at radius 3 is 2.38 bits per heavy atom. The van der Waals surface area contributed by atoms with Gasteiger partial charge in [-0.3, -0.25) is 0 Å². The number of rotatable bonds is 4. The lowest BCUT2D eigenvalue weighted by atomic mass is 9.98. The highest BCUT2D eigenvalue weighted by Gasteiger charge is 2.05. The summed E-state index contributed by atoms with van der Waals surface area (Å²) in [6, 6.07) is 8.50. The van der Waals surface area contributed by atoms with Crippen LogP contribution >= 0.6 is 22.6 Å². The summed E-state index contributed by atoms with van der Waals surface area (Å²) in [5.74, 6) is 0.417. The molecule has 0 bridgehead atoms. The zero-order valence-electron chi connectivity index (χ0n) is 7.83. The summed E-state index contributed by atoms with van der Waals surface area (Å²) < 4.78 is 1.26. The summed E-state index contributed by atoms with van der Waals surface area (Å²) in [7, 11) is 0. The van der Waals surface area contributed by atoms with Gasteiger partial charge in [-0.25, -0.2) is 0 Å². The van der Waals surface area contributed by atoms with E-state index in [1.165, 1.54) is 9.13 Å². The van der Waals surface area contributed by atoms with Gasteiger partial charge in [0, 0.05) is 10.2 Å². The molecular formula is C11H15IO. The fourth-order valence-corrected chi connectivity index (χ4v) is 1.65. The molecule has 1 atom stereocenters. The van der Waals surface area contributed by atoms with Crippen molar-refractivity contribution in [3.63, 3.8) is 0 Å². The van der Waals surface area contributed by atoms with E-state index in [4.69, 9.17) is 5.11 Å². The summed E-state index contributed by atoms with van der Waals surface area (Å²) in [6.45, 7) is 2.41. The smallest absolute Gasteiger partial charge is 0.0462 e. The Kier molecular flexibility index (Phi) is 4.73. The molecule has 0 heterocycles. The van der Waals surface area contributed by atoms with Gasteiger partial charge in [-0.2, -0.15) is 0 Å². The fraction of sp³-hybridized carbons (Fsp3) is 0.455. The third kappa shape index (κ3) is 3.65. The molecule has 72 valence electrons. The summed E-state index contributed by atoms with van der Waals surface area (Å²) in [6.07, 6.45) is 2.03. The molecule has 0 saturated carbocycles. The van der Waals surface area contributed by atoms with Gasteiger partial charge < -0.3 is 5.11 Å². The van der Waals surface area contributed by atoms with Crippen LogP contribution < -0.4 is 0 Å². The molecule has 1 aromatic rings. The van der Waals surface area contributed by atoms with Gasteiger partial charge in [0.15, 0.2) is 0 Å². The molecule has 0 fully saturated rings. The van der Waals surface area contributed by atoms with Gasteiger partial charge in [0.25, 0.3) is 0 Å². The van der Waals surface area contributed by atoms with Crippen LogP contribution in [0.2, 0.25) is 0 Å². The molecule has 1 aromatic carbocycles. The highest BCUT2D eigenvalue weighted by molar-refractivity contribution is 14.1. The van der Waals surface area contributed by atoms with Gasteiger partial charge in [0.2, 0.25) is 0 Å². The van der Waals surface area contributed by atoms with Crippen LogP contribution in [-0.4, -0.2) is 11.7 Å². The second-order valence-corrected chi connectivity index (χ2v) is 4.53. The minimum atomic E-state index is 0.294. The minimum Gasteiger partial charge on any atom is -0.396 e. The number of benzene rings is 1. The van der Waals surface area contributed by atoms with Crippen LogP contribution in [0, 0.1) is 9.49 Å². The van der Waals surface area contributed by atoms with Gasteiger partial charge in [0.1, 0.15) is 0 Å². The average molecular weight is 290 g/mol. The van der Waals surface area contributed by atoms with Crippen molar-refractivity contribution in [1.29, 1.82) is 0 Å². The van der Waals surface area contributed by atoms with E-state index in [2.05, 4.69) is 53.8 Å². The number of hydrogen-bond donors (Lipinski definition) is 1. The number of hydrogen-bond acceptors (Lipinski definition) is 1. The molecule has 1 rings (SSSR count). The molecule has 1 N–H and O–H groups in total. The average Bonchev–Trinajstić information content (AvgIpc) is 2.17. The van der Waals surface area contributed by atoms with Crippen molar-refractivity contribution in [1.82, 2.24) is 0 Å². The molecule has 0 spiro atoms. The Hall–Kier alpha value is -0.0900. The van der Waals surface area contributed by atoms with Crippen molar-refractivity contribution >= 4 is 22.6 Å². The zero-order valence-corrected chi connectivity index (χ0v) is 9.99. The standard InChI is InChI=1S/C11H15IO/c1-2-9(8-13)7-10-3-5-11(12)6-4-10/h3-6,9,13H,2,7-8H2,1H3/t9-/m1/s1. The van der Waals surface area contributed by atoms with Crippen molar-refractivity contribution in [2.24, 2.45) is 5.92 Å². The number of aliphatic hydroxyl groups is 1. The lowest BCUT2D eigenvalue weighted by molar-refractivity contribution is 0.222. The van der Waals surface area contributed by atoms with E-state index < -0.39 is 0 Å². The maximum absolute atomic E-state index is 9.04. The Balaban J connectivity index is 2.58. The Bertz CT molecular complexity index is 239. The first-order valence-electron chi connectivity index (χ1n) is 4.61. The second kappa shape index (κ2) is 5.60. The molecule has 0 aliphatic heterocycles. The summed E-state index contributed by atoms with van der Waals surface area (Å²) in [5.41, 5.74) is 1.32. The van der Waals surface area contributed by atoms with E-state index in [9.17, 15) is 0 Å². The molecule has 0 aromatic heterocycles. The SMILES string of the molecule is CC[C@@H](CO)Cc1ccc(I)cc1. The van der Waals surface area contributed by atoms with Gasteiger partial charge >= 0.3 is 0 Å². The molecule has 0 unspecified atom stereocenters. The van der Waals surface area contributed by atoms with Gasteiger partial charge in [-0.05, 0) is 52.6 Å². The van der Waals surface area contributed by atoms with E-state index in [-0.39, 0.29) is 0 Å². The van der Waals surface area contributed by atoms with E-state index in [0.717, 1.165) is 12.8 Å². The van der Waals surface area contributed by atoms with Gasteiger partial charge in [-0.1, -0.05) is 25.5 Å². The molecule has 0 radical (unpaired) electrons. The van der Waals surface area contributed by atoms with Crippen molar-refractivity contribution in [3.05, 3.63) is 33.4 Å². The van der Waals surface area contributed by atoms with Gasteiger partial charge in [0.05, 0.1) is 0 Å². The van der Waals surface area contributed by atoms with Crippen LogP contribution in [0.1, 0.15) is 18.9 Å². The second-order valence-electron chi connectivity index (χ2n) is 3.29. The Morgan fingerprint density at radius 2 is 1.92 bits per heavy atom. The lowest BCUT2D eigenvalue weighted by Gasteiger charge is -2.10. The van der Waals surface area contributed by atoms with Crippen LogP contribution in [0.3, 0.4) is 0 Å². The molecule has 2 heteroatoms. The zero-order chi connectivity index (χ0) is 9.68. The van der Waals surface area contributed by atoms with E-state index in [1.54, 1.807) is 0 Å². The molecule has 13 heavy (non-hydrogen) atoms. The van der Waals surface area contributed by atoms with Gasteiger partial charge in [-0.15, -0.1) is 0 Å². The Morgan fingerprint density at radius 1 is 1.31 bits per heavy atom. The first-order chi connectivity index (χ1) is 6.26. The van der Waals surface area contributed by atoms with Crippen LogP contribution in [0.25, 0.3) is 0 Å². The lowest BCUT2D eigenvalue weighted by Crippen LogP contribution is -2.07. The topological polar surface area (TPSA) is 20.2 Å². The van der Waals surface area contributed by atoms with Crippen LogP contribution in [0.5, 0.6) is 0 Å². The van der Waals surface area contributed by atoms with E-state index >= 15 is 0 Å². The minimum absolute atomic E-state index is 0.294. The molecule has 0 amide bonds. The predicted molar refractivity (Wildman–Crippen MR) is 63.7 cm³/mol. The van der Waals surface area contributed by atoms with E-state index in [1.807, 2.05) is 0 Å². The monoisotopic (exact) mass is 290 g/mol. The summed E-state index contributed by atoms with van der Waals surface area (Å²) in [5, 5.41) is 9.04. The van der Waals surface area contributed by atoms with Crippen LogP contribution in [0.4, 0.5) is 0 Å². The van der Waals surface area contributed by atoms with Crippen molar-refractivity contribution in [2.75, 3.05) is 6.61 Å². The van der Waals surface area contributed by atoms with Crippen molar-refractivity contribution in [3.8, 4) is 0 Å². The first kappa shape index (κ1) is 11.0.